The van der Waals surface area contributed by atoms with E-state index in [-0.39, 0.29) is 19.1 Å². The highest BCUT2D eigenvalue weighted by Crippen LogP contribution is 2.53. The van der Waals surface area contributed by atoms with E-state index in [1.165, 1.54) is 0 Å². The number of hydrogen-bond donors (Lipinski definition) is 1. The van der Waals surface area contributed by atoms with Crippen molar-refractivity contribution in [1.82, 2.24) is 0 Å². The summed E-state index contributed by atoms with van der Waals surface area (Å²) in [6.07, 6.45) is 0. The summed E-state index contributed by atoms with van der Waals surface area (Å²) in [5.74, 6) is 1.95. The van der Waals surface area contributed by atoms with Gasteiger partial charge in [-0.05, 0) is 47.0 Å². The summed E-state index contributed by atoms with van der Waals surface area (Å²) in [7, 11) is 4.66. The van der Waals surface area contributed by atoms with Gasteiger partial charge >= 0.3 is 5.97 Å². The second-order valence-electron chi connectivity index (χ2n) is 8.85. The minimum atomic E-state index is -0.483. The van der Waals surface area contributed by atoms with Crippen LogP contribution in [0.2, 0.25) is 0 Å². The maximum Gasteiger partial charge on any atom is 0.337 e. The zero-order valence-electron chi connectivity index (χ0n) is 20.6. The van der Waals surface area contributed by atoms with Crippen LogP contribution < -0.4 is 28.6 Å². The quantitative estimate of drug-likeness (QED) is 0.499. The van der Waals surface area contributed by atoms with Crippen molar-refractivity contribution in [3.8, 4) is 34.5 Å². The van der Waals surface area contributed by atoms with Crippen LogP contribution in [0, 0.1) is 0 Å². The van der Waals surface area contributed by atoms with Crippen LogP contribution in [0.3, 0.4) is 0 Å². The number of carbonyl (C=O) groups is 1. The molecule has 0 bridgehead atoms. The van der Waals surface area contributed by atoms with Crippen LogP contribution in [0.1, 0.15) is 22.6 Å². The molecule has 0 saturated heterocycles. The van der Waals surface area contributed by atoms with E-state index in [2.05, 4.69) is 0 Å². The number of cyclic esters (lactones) is 1. The molecule has 3 heterocycles. The Bertz CT molecular complexity index is 1420. The van der Waals surface area contributed by atoms with Crippen LogP contribution in [0.4, 0.5) is 5.69 Å². The molecule has 0 amide bonds. The summed E-state index contributed by atoms with van der Waals surface area (Å²) in [5, 5.41) is 10.0. The van der Waals surface area contributed by atoms with Gasteiger partial charge in [-0.25, -0.2) is 4.79 Å². The lowest BCUT2D eigenvalue weighted by molar-refractivity contribution is -0.136. The monoisotopic (exact) mass is 503 g/mol. The van der Waals surface area contributed by atoms with Gasteiger partial charge in [-0.1, -0.05) is 12.1 Å². The summed E-state index contributed by atoms with van der Waals surface area (Å²) in [4.78, 5) is 15.3. The molecule has 1 N–H and O–H groups in total. The molecule has 0 radical (unpaired) electrons. The lowest BCUT2D eigenvalue weighted by Gasteiger charge is -2.36. The molecule has 3 aromatic carbocycles. The van der Waals surface area contributed by atoms with Crippen molar-refractivity contribution in [2.75, 3.05) is 39.6 Å². The minimum absolute atomic E-state index is 0.120. The summed E-state index contributed by atoms with van der Waals surface area (Å²) in [6.45, 7) is 0.662. The van der Waals surface area contributed by atoms with E-state index < -0.39 is 11.9 Å². The van der Waals surface area contributed by atoms with Crippen molar-refractivity contribution in [1.29, 1.82) is 0 Å². The number of nitrogens with zero attached hydrogens (tertiary/aromatic N) is 1. The highest BCUT2D eigenvalue weighted by molar-refractivity contribution is 5.98. The van der Waals surface area contributed by atoms with Gasteiger partial charge < -0.3 is 38.4 Å². The Hall–Kier alpha value is -4.53. The Labute approximate surface area is 213 Å². The van der Waals surface area contributed by atoms with Crippen LogP contribution in [-0.2, 0) is 16.1 Å². The third-order valence-electron chi connectivity index (χ3n) is 6.88. The molecule has 6 rings (SSSR count). The van der Waals surface area contributed by atoms with Crippen molar-refractivity contribution >= 4 is 11.7 Å². The number of esters is 1. The highest BCUT2D eigenvalue weighted by Gasteiger charge is 2.43. The fourth-order valence-electron chi connectivity index (χ4n) is 5.26. The molecule has 37 heavy (non-hydrogen) atoms. The van der Waals surface area contributed by atoms with Gasteiger partial charge in [0.15, 0.2) is 23.0 Å². The number of aromatic hydroxyl groups is 1. The standard InChI is InChI=1S/C28H25NO8/c1-32-23-8-16(9-24(33-2)27(23)34-3)25-18-10-21-22(37-14-36-21)11-19(18)29(20-13-35-28(31)26(20)25)12-15-5-4-6-17(30)7-15/h4-11,25,30H,12-14H2,1-3H3. The number of phenolic OH excluding ortho intramolecular Hbond substituents is 1. The van der Waals surface area contributed by atoms with Crippen LogP contribution in [0.15, 0.2) is 59.8 Å². The average Bonchev–Trinajstić information content (AvgIpc) is 3.53. The van der Waals surface area contributed by atoms with Gasteiger partial charge in [0.05, 0.1) is 32.6 Å². The predicted octanol–water partition coefficient (Wildman–Crippen LogP) is 4.11. The van der Waals surface area contributed by atoms with E-state index in [1.54, 1.807) is 39.5 Å². The molecule has 0 spiro atoms. The van der Waals surface area contributed by atoms with E-state index in [9.17, 15) is 9.90 Å². The number of rotatable bonds is 6. The van der Waals surface area contributed by atoms with Crippen molar-refractivity contribution in [3.05, 3.63) is 76.5 Å². The number of phenols is 1. The molecule has 9 nitrogen and oxygen atoms in total. The number of hydrogen-bond acceptors (Lipinski definition) is 9. The van der Waals surface area contributed by atoms with E-state index in [0.717, 1.165) is 28.1 Å². The highest BCUT2D eigenvalue weighted by atomic mass is 16.7. The molecule has 0 saturated carbocycles. The number of anilines is 1. The van der Waals surface area contributed by atoms with Gasteiger partial charge in [-0.3, -0.25) is 0 Å². The molecule has 9 heteroatoms. The van der Waals surface area contributed by atoms with E-state index in [1.807, 2.05) is 35.2 Å². The second kappa shape index (κ2) is 8.85. The average molecular weight is 504 g/mol. The van der Waals surface area contributed by atoms with E-state index >= 15 is 0 Å². The summed E-state index contributed by atoms with van der Waals surface area (Å²) < 4.78 is 33.7. The van der Waals surface area contributed by atoms with Gasteiger partial charge in [0, 0.05) is 24.2 Å². The number of fused-ring (bicyclic) bond motifs is 2. The first-order chi connectivity index (χ1) is 18.0. The van der Waals surface area contributed by atoms with Crippen molar-refractivity contribution in [2.24, 2.45) is 0 Å². The molecule has 1 unspecified atom stereocenters. The number of methoxy groups -OCH3 is 3. The van der Waals surface area contributed by atoms with Gasteiger partial charge in [-0.2, -0.15) is 0 Å². The lowest BCUT2D eigenvalue weighted by atomic mass is 9.80. The topological polar surface area (TPSA) is 95.9 Å². The molecular formula is C28H25NO8. The third kappa shape index (κ3) is 3.66. The van der Waals surface area contributed by atoms with Gasteiger partial charge in [0.1, 0.15) is 12.4 Å². The molecule has 3 aliphatic rings. The van der Waals surface area contributed by atoms with E-state index in [0.29, 0.717) is 40.9 Å². The number of carbonyl (C=O) groups excluding carboxylic acids is 1. The predicted molar refractivity (Wildman–Crippen MR) is 133 cm³/mol. The Morgan fingerprint density at radius 2 is 1.68 bits per heavy atom. The molecule has 3 aliphatic heterocycles. The van der Waals surface area contributed by atoms with Crippen molar-refractivity contribution in [3.63, 3.8) is 0 Å². The van der Waals surface area contributed by atoms with Crippen molar-refractivity contribution < 1.29 is 38.3 Å². The Balaban J connectivity index is 1.58. The SMILES string of the molecule is COc1cc(C2C3=C(COC3=O)N(Cc3cccc(O)c3)c3cc4c(cc32)OCO4)cc(OC)c1OC. The first-order valence-corrected chi connectivity index (χ1v) is 11.7. The smallest absolute Gasteiger partial charge is 0.337 e. The summed E-state index contributed by atoms with van der Waals surface area (Å²) in [6, 6.07) is 14.6. The molecule has 190 valence electrons. The Morgan fingerprint density at radius 1 is 0.946 bits per heavy atom. The Morgan fingerprint density at radius 3 is 2.35 bits per heavy atom. The fraction of sp³-hybridized carbons (Fsp3) is 0.250. The minimum Gasteiger partial charge on any atom is -0.508 e. The van der Waals surface area contributed by atoms with Crippen LogP contribution in [0.25, 0.3) is 0 Å². The molecular weight excluding hydrogens is 478 g/mol. The molecule has 0 aromatic heterocycles. The summed E-state index contributed by atoms with van der Waals surface area (Å²) >= 11 is 0. The maximum absolute atomic E-state index is 13.2. The van der Waals surface area contributed by atoms with Crippen LogP contribution in [-0.4, -0.2) is 45.8 Å². The van der Waals surface area contributed by atoms with Gasteiger partial charge in [0.2, 0.25) is 12.5 Å². The second-order valence-corrected chi connectivity index (χ2v) is 8.85. The molecule has 3 aromatic rings. The number of benzene rings is 3. The molecule has 0 aliphatic carbocycles. The molecule has 1 atom stereocenters. The number of ether oxygens (including phenoxy) is 6. The summed E-state index contributed by atoms with van der Waals surface area (Å²) in [5.41, 5.74) is 4.62. The molecule has 0 fully saturated rings. The largest absolute Gasteiger partial charge is 0.508 e. The van der Waals surface area contributed by atoms with Gasteiger partial charge in [0.25, 0.3) is 0 Å². The maximum atomic E-state index is 13.2. The normalized spacial score (nSPS) is 17.3. The zero-order chi connectivity index (χ0) is 25.7. The Kier molecular flexibility index (Phi) is 5.48. The first-order valence-electron chi connectivity index (χ1n) is 11.7. The van der Waals surface area contributed by atoms with Gasteiger partial charge in [-0.15, -0.1) is 0 Å². The van der Waals surface area contributed by atoms with E-state index in [4.69, 9.17) is 28.4 Å². The first kappa shape index (κ1) is 22.9. The van der Waals surface area contributed by atoms with Crippen LogP contribution >= 0.6 is 0 Å². The van der Waals surface area contributed by atoms with Crippen molar-refractivity contribution in [2.45, 2.75) is 12.5 Å². The lowest BCUT2D eigenvalue weighted by Crippen LogP contribution is -2.30. The zero-order valence-corrected chi connectivity index (χ0v) is 20.6. The van der Waals surface area contributed by atoms with Crippen LogP contribution in [0.5, 0.6) is 34.5 Å². The third-order valence-corrected chi connectivity index (χ3v) is 6.88. The fourth-order valence-corrected chi connectivity index (χ4v) is 5.26.